The Kier molecular flexibility index (Phi) is 5.16. The van der Waals surface area contributed by atoms with Crippen LogP contribution in [0.1, 0.15) is 13.0 Å². The van der Waals surface area contributed by atoms with E-state index in [1.807, 2.05) is 0 Å². The molecule has 0 aliphatic rings. The van der Waals surface area contributed by atoms with Gasteiger partial charge >= 0.3 is 0 Å². The van der Waals surface area contributed by atoms with E-state index in [4.69, 9.17) is 16.3 Å². The fraction of sp³-hybridized carbons (Fsp3) is 0.357. The Morgan fingerprint density at radius 1 is 1.43 bits per heavy atom. The van der Waals surface area contributed by atoms with Crippen molar-refractivity contribution in [3.8, 4) is 5.75 Å². The molecule has 1 unspecified atom stereocenters. The summed E-state index contributed by atoms with van der Waals surface area (Å²) in [6, 6.07) is 6.73. The molecule has 0 saturated heterocycles. The first kappa shape index (κ1) is 15.3. The first-order chi connectivity index (χ1) is 10.1. The second-order valence-corrected chi connectivity index (χ2v) is 5.05. The Morgan fingerprint density at radius 3 is 2.76 bits per heavy atom. The fourth-order valence-electron chi connectivity index (χ4n) is 1.79. The molecular weight excluding hydrogens is 292 g/mol. The van der Waals surface area contributed by atoms with Crippen LogP contribution in [-0.4, -0.2) is 45.8 Å². The molecule has 1 atom stereocenters. The summed E-state index contributed by atoms with van der Waals surface area (Å²) in [5.74, 6) is 0.685. The van der Waals surface area contributed by atoms with Crippen LogP contribution in [0, 0.1) is 0 Å². The summed E-state index contributed by atoms with van der Waals surface area (Å²) in [4.78, 5) is 17.6. The van der Waals surface area contributed by atoms with Crippen molar-refractivity contribution >= 4 is 17.5 Å². The number of halogens is 1. The molecule has 0 radical (unpaired) electrons. The van der Waals surface area contributed by atoms with Gasteiger partial charge in [0.2, 0.25) is 5.91 Å². The number of likely N-dealkylation sites (N-methyl/N-ethyl adjacent to an activating group) is 1. The van der Waals surface area contributed by atoms with Crippen molar-refractivity contribution in [2.24, 2.45) is 0 Å². The third-order valence-corrected chi connectivity index (χ3v) is 3.33. The van der Waals surface area contributed by atoms with E-state index in [-0.39, 0.29) is 11.9 Å². The lowest BCUT2D eigenvalue weighted by atomic mass is 10.3. The van der Waals surface area contributed by atoms with E-state index in [2.05, 4.69) is 10.1 Å². The van der Waals surface area contributed by atoms with Crippen LogP contribution in [-0.2, 0) is 4.79 Å². The van der Waals surface area contributed by atoms with E-state index in [1.165, 1.54) is 17.3 Å². The normalized spacial score (nSPS) is 12.0. The number of carbonyl (C=O) groups excluding carboxylic acids is 1. The summed E-state index contributed by atoms with van der Waals surface area (Å²) in [6.45, 7) is 2.68. The zero-order valence-corrected chi connectivity index (χ0v) is 12.7. The number of hydrogen-bond donors (Lipinski definition) is 0. The minimum Gasteiger partial charge on any atom is -0.492 e. The zero-order valence-electron chi connectivity index (χ0n) is 11.9. The SMILES string of the molecule is CC(C(=O)N(C)CCOc1ccc(Cl)cc1)n1cncn1. The summed E-state index contributed by atoms with van der Waals surface area (Å²) in [5, 5.41) is 4.63. The minimum absolute atomic E-state index is 0.0415. The lowest BCUT2D eigenvalue weighted by molar-refractivity contribution is -0.133. The van der Waals surface area contributed by atoms with Gasteiger partial charge in [-0.3, -0.25) is 4.79 Å². The molecule has 0 bridgehead atoms. The number of amides is 1. The number of rotatable bonds is 6. The average Bonchev–Trinajstić information content (AvgIpc) is 3.02. The molecule has 0 spiro atoms. The molecule has 1 heterocycles. The summed E-state index contributed by atoms with van der Waals surface area (Å²) in [7, 11) is 1.74. The Balaban J connectivity index is 1.80. The van der Waals surface area contributed by atoms with Crippen molar-refractivity contribution < 1.29 is 9.53 Å². The quantitative estimate of drug-likeness (QED) is 0.819. The molecule has 112 valence electrons. The summed E-state index contributed by atoms with van der Waals surface area (Å²) in [6.07, 6.45) is 2.94. The van der Waals surface area contributed by atoms with Gasteiger partial charge in [-0.25, -0.2) is 9.67 Å². The molecule has 7 heteroatoms. The van der Waals surface area contributed by atoms with Crippen LogP contribution < -0.4 is 4.74 Å². The zero-order chi connectivity index (χ0) is 15.2. The third kappa shape index (κ3) is 4.19. The Bertz CT molecular complexity index is 571. The maximum atomic E-state index is 12.2. The van der Waals surface area contributed by atoms with E-state index in [1.54, 1.807) is 43.1 Å². The van der Waals surface area contributed by atoms with Crippen LogP contribution in [0.3, 0.4) is 0 Å². The number of ether oxygens (including phenoxy) is 1. The monoisotopic (exact) mass is 308 g/mol. The second kappa shape index (κ2) is 7.08. The first-order valence-corrected chi connectivity index (χ1v) is 6.93. The maximum Gasteiger partial charge on any atom is 0.247 e. The van der Waals surface area contributed by atoms with E-state index in [0.717, 1.165) is 5.75 Å². The molecule has 1 aromatic heterocycles. The molecule has 6 nitrogen and oxygen atoms in total. The Labute approximate surface area is 128 Å². The lowest BCUT2D eigenvalue weighted by Crippen LogP contribution is -2.36. The number of hydrogen-bond acceptors (Lipinski definition) is 4. The average molecular weight is 309 g/mol. The number of nitrogens with zero attached hydrogens (tertiary/aromatic N) is 4. The van der Waals surface area contributed by atoms with Crippen molar-refractivity contribution in [1.82, 2.24) is 19.7 Å². The van der Waals surface area contributed by atoms with Gasteiger partial charge in [0.1, 0.15) is 31.1 Å². The van der Waals surface area contributed by atoms with Gasteiger partial charge in [-0.15, -0.1) is 0 Å². The Morgan fingerprint density at radius 2 is 2.14 bits per heavy atom. The maximum absolute atomic E-state index is 12.2. The van der Waals surface area contributed by atoms with Gasteiger partial charge in [-0.1, -0.05) is 11.6 Å². The van der Waals surface area contributed by atoms with Crippen LogP contribution in [0.5, 0.6) is 5.75 Å². The number of carbonyl (C=O) groups is 1. The third-order valence-electron chi connectivity index (χ3n) is 3.08. The van der Waals surface area contributed by atoms with Gasteiger partial charge in [0.15, 0.2) is 0 Å². The number of benzene rings is 1. The molecule has 21 heavy (non-hydrogen) atoms. The minimum atomic E-state index is -0.381. The molecule has 1 amide bonds. The van der Waals surface area contributed by atoms with Gasteiger partial charge in [-0.05, 0) is 31.2 Å². The summed E-state index contributed by atoms with van der Waals surface area (Å²) < 4.78 is 7.09. The van der Waals surface area contributed by atoms with Crippen LogP contribution in [0.15, 0.2) is 36.9 Å². The predicted molar refractivity (Wildman–Crippen MR) is 79.3 cm³/mol. The standard InChI is InChI=1S/C14H17ClN4O2/c1-11(19-10-16-9-17-19)14(20)18(2)7-8-21-13-5-3-12(15)4-6-13/h3-6,9-11H,7-8H2,1-2H3. The molecule has 0 aliphatic heterocycles. The fourth-order valence-corrected chi connectivity index (χ4v) is 1.92. The van der Waals surface area contributed by atoms with Gasteiger partial charge in [0.25, 0.3) is 0 Å². The van der Waals surface area contributed by atoms with Gasteiger partial charge in [0, 0.05) is 12.1 Å². The first-order valence-electron chi connectivity index (χ1n) is 6.55. The second-order valence-electron chi connectivity index (χ2n) is 4.61. The molecule has 0 saturated carbocycles. The van der Waals surface area contributed by atoms with E-state index in [0.29, 0.717) is 18.2 Å². The molecule has 1 aromatic carbocycles. The van der Waals surface area contributed by atoms with Crippen molar-refractivity contribution in [3.05, 3.63) is 41.9 Å². The summed E-state index contributed by atoms with van der Waals surface area (Å²) in [5.41, 5.74) is 0. The molecule has 2 rings (SSSR count). The molecule has 0 fully saturated rings. The highest BCUT2D eigenvalue weighted by Gasteiger charge is 2.19. The van der Waals surface area contributed by atoms with Gasteiger partial charge < -0.3 is 9.64 Å². The van der Waals surface area contributed by atoms with Crippen molar-refractivity contribution in [2.75, 3.05) is 20.2 Å². The van der Waals surface area contributed by atoms with E-state index < -0.39 is 0 Å². The molecule has 0 N–H and O–H groups in total. The highest BCUT2D eigenvalue weighted by atomic mass is 35.5. The smallest absolute Gasteiger partial charge is 0.247 e. The largest absolute Gasteiger partial charge is 0.492 e. The van der Waals surface area contributed by atoms with Gasteiger partial charge in [0.05, 0.1) is 6.54 Å². The van der Waals surface area contributed by atoms with Crippen LogP contribution in [0.25, 0.3) is 0 Å². The lowest BCUT2D eigenvalue weighted by Gasteiger charge is -2.21. The van der Waals surface area contributed by atoms with Crippen molar-refractivity contribution in [2.45, 2.75) is 13.0 Å². The molecule has 0 aliphatic carbocycles. The topological polar surface area (TPSA) is 60.2 Å². The molecular formula is C14H17ClN4O2. The Hall–Kier alpha value is -2.08. The van der Waals surface area contributed by atoms with Crippen molar-refractivity contribution in [3.63, 3.8) is 0 Å². The number of aromatic nitrogens is 3. The van der Waals surface area contributed by atoms with Crippen LogP contribution in [0.4, 0.5) is 0 Å². The predicted octanol–water partition coefficient (Wildman–Crippen LogP) is 2.03. The van der Waals surface area contributed by atoms with Crippen molar-refractivity contribution in [1.29, 1.82) is 0 Å². The van der Waals surface area contributed by atoms with E-state index >= 15 is 0 Å². The highest BCUT2D eigenvalue weighted by molar-refractivity contribution is 6.30. The van der Waals surface area contributed by atoms with Crippen LogP contribution >= 0.6 is 11.6 Å². The van der Waals surface area contributed by atoms with Gasteiger partial charge in [-0.2, -0.15) is 5.10 Å². The summed E-state index contributed by atoms with van der Waals surface area (Å²) >= 11 is 5.80. The molecule has 2 aromatic rings. The highest BCUT2D eigenvalue weighted by Crippen LogP contribution is 2.15. The van der Waals surface area contributed by atoms with E-state index in [9.17, 15) is 4.79 Å². The van der Waals surface area contributed by atoms with Crippen LogP contribution in [0.2, 0.25) is 5.02 Å².